The van der Waals surface area contributed by atoms with E-state index in [0.29, 0.717) is 6.54 Å². The van der Waals surface area contributed by atoms with Gasteiger partial charge in [-0.25, -0.2) is 4.98 Å². The number of carbonyl (C=O) groups is 2. The van der Waals surface area contributed by atoms with Crippen molar-refractivity contribution in [2.75, 3.05) is 19.6 Å². The Morgan fingerprint density at radius 1 is 1.14 bits per heavy atom. The van der Waals surface area contributed by atoms with Crippen molar-refractivity contribution in [1.29, 1.82) is 0 Å². The van der Waals surface area contributed by atoms with Crippen LogP contribution in [0.15, 0.2) is 18.2 Å². The first-order chi connectivity index (χ1) is 13.7. The van der Waals surface area contributed by atoms with Crippen LogP contribution in [-0.2, 0) is 9.59 Å². The van der Waals surface area contributed by atoms with Gasteiger partial charge in [0.05, 0.1) is 23.0 Å². The molecular formula is C23H32N4O2. The van der Waals surface area contributed by atoms with Crippen LogP contribution >= 0.6 is 0 Å². The number of aromatic nitrogens is 2. The van der Waals surface area contributed by atoms with E-state index in [0.717, 1.165) is 55.6 Å². The van der Waals surface area contributed by atoms with Crippen molar-refractivity contribution in [2.24, 2.45) is 11.3 Å². The number of carbonyl (C=O) groups excluding carboxylic acids is 2. The van der Waals surface area contributed by atoms with Gasteiger partial charge in [0.1, 0.15) is 5.82 Å². The Morgan fingerprint density at radius 2 is 1.90 bits per heavy atom. The number of aryl methyl sites for hydroxylation is 1. The molecule has 2 fully saturated rings. The monoisotopic (exact) mass is 396 g/mol. The second-order valence-corrected chi connectivity index (χ2v) is 9.67. The van der Waals surface area contributed by atoms with Crippen LogP contribution in [0.4, 0.5) is 0 Å². The number of amides is 2. The Morgan fingerprint density at radius 3 is 2.66 bits per heavy atom. The van der Waals surface area contributed by atoms with E-state index in [-0.39, 0.29) is 23.8 Å². The Kier molecular flexibility index (Phi) is 5.13. The van der Waals surface area contributed by atoms with Crippen LogP contribution in [0.3, 0.4) is 0 Å². The van der Waals surface area contributed by atoms with E-state index in [1.807, 2.05) is 36.6 Å². The third kappa shape index (κ3) is 3.89. The van der Waals surface area contributed by atoms with Crippen LogP contribution in [0.1, 0.15) is 63.9 Å². The van der Waals surface area contributed by atoms with Crippen molar-refractivity contribution in [3.05, 3.63) is 29.6 Å². The highest BCUT2D eigenvalue weighted by molar-refractivity contribution is 5.84. The Bertz CT molecular complexity index is 927. The average molecular weight is 397 g/mol. The van der Waals surface area contributed by atoms with Gasteiger partial charge < -0.3 is 14.8 Å². The van der Waals surface area contributed by atoms with Crippen LogP contribution in [-0.4, -0.2) is 51.2 Å². The lowest BCUT2D eigenvalue weighted by atomic mass is 9.90. The lowest BCUT2D eigenvalue weighted by Gasteiger charge is -2.37. The van der Waals surface area contributed by atoms with Crippen molar-refractivity contribution in [3.8, 4) is 0 Å². The molecule has 0 bridgehead atoms. The second kappa shape index (κ2) is 7.47. The molecule has 1 N–H and O–H groups in total. The quantitative estimate of drug-likeness (QED) is 0.839. The topological polar surface area (TPSA) is 69.3 Å². The number of fused-ring (bicyclic) bond motifs is 1. The summed E-state index contributed by atoms with van der Waals surface area (Å²) in [6, 6.07) is 6.20. The smallest absolute Gasteiger partial charge is 0.228 e. The minimum Gasteiger partial charge on any atom is -0.341 e. The minimum atomic E-state index is -0.409. The van der Waals surface area contributed by atoms with Gasteiger partial charge in [0, 0.05) is 25.0 Å². The van der Waals surface area contributed by atoms with Crippen LogP contribution in [0.2, 0.25) is 0 Å². The lowest BCUT2D eigenvalue weighted by molar-refractivity contribution is -0.145. The van der Waals surface area contributed by atoms with Crippen LogP contribution in [0.25, 0.3) is 11.0 Å². The summed E-state index contributed by atoms with van der Waals surface area (Å²) in [4.78, 5) is 38.2. The number of aromatic amines is 1. The standard InChI is InChI=1S/C23H32N4O2/c1-15-9-10-17-18(13-15)25-20(24-17)19-8-6-12-27(19)21(28)16-7-5-11-26(14-16)22(29)23(2,3)4/h9-10,13,16,19H,5-8,11-12,14H2,1-4H3,(H,24,25). The van der Waals surface area contributed by atoms with Crippen LogP contribution in [0.5, 0.6) is 0 Å². The number of hydrogen-bond donors (Lipinski definition) is 1. The fourth-order valence-corrected chi connectivity index (χ4v) is 4.69. The van der Waals surface area contributed by atoms with Gasteiger partial charge in [-0.15, -0.1) is 0 Å². The maximum absolute atomic E-state index is 13.4. The van der Waals surface area contributed by atoms with Gasteiger partial charge in [0.2, 0.25) is 11.8 Å². The number of rotatable bonds is 2. The van der Waals surface area contributed by atoms with E-state index in [9.17, 15) is 9.59 Å². The molecule has 0 saturated carbocycles. The van der Waals surface area contributed by atoms with Gasteiger partial charge in [-0.1, -0.05) is 26.8 Å². The molecule has 3 heterocycles. The first kappa shape index (κ1) is 19.9. The van der Waals surface area contributed by atoms with Crippen molar-refractivity contribution in [2.45, 2.75) is 59.4 Å². The van der Waals surface area contributed by atoms with Crippen LogP contribution in [0, 0.1) is 18.3 Å². The Labute approximate surface area is 172 Å². The summed E-state index contributed by atoms with van der Waals surface area (Å²) in [7, 11) is 0. The number of H-pyrrole nitrogens is 1. The van der Waals surface area contributed by atoms with Crippen molar-refractivity contribution in [3.63, 3.8) is 0 Å². The summed E-state index contributed by atoms with van der Waals surface area (Å²) in [5.41, 5.74) is 2.76. The number of nitrogens with zero attached hydrogens (tertiary/aromatic N) is 3. The molecule has 0 aliphatic carbocycles. The number of nitrogens with one attached hydrogen (secondary N) is 1. The SMILES string of the molecule is Cc1ccc2nc(C3CCCN3C(=O)C3CCCN(C(=O)C(C)(C)C)C3)[nH]c2c1. The highest BCUT2D eigenvalue weighted by Gasteiger charge is 2.39. The number of imidazole rings is 1. The highest BCUT2D eigenvalue weighted by atomic mass is 16.2. The van der Waals surface area contributed by atoms with Gasteiger partial charge in [0.15, 0.2) is 0 Å². The first-order valence-electron chi connectivity index (χ1n) is 10.8. The summed E-state index contributed by atoms with van der Waals surface area (Å²) in [6.07, 6.45) is 3.67. The zero-order valence-electron chi connectivity index (χ0n) is 18.0. The molecule has 2 saturated heterocycles. The van der Waals surface area contributed by atoms with Gasteiger partial charge in [-0.2, -0.15) is 0 Å². The van der Waals surface area contributed by atoms with Crippen molar-refractivity contribution >= 4 is 22.8 Å². The van der Waals surface area contributed by atoms with Crippen molar-refractivity contribution < 1.29 is 9.59 Å². The number of hydrogen-bond acceptors (Lipinski definition) is 3. The van der Waals surface area contributed by atoms with E-state index < -0.39 is 5.41 Å². The number of benzene rings is 1. The van der Waals surface area contributed by atoms with Gasteiger partial charge in [-0.05, 0) is 50.3 Å². The summed E-state index contributed by atoms with van der Waals surface area (Å²) in [5, 5.41) is 0. The summed E-state index contributed by atoms with van der Waals surface area (Å²) < 4.78 is 0. The average Bonchev–Trinajstić information content (AvgIpc) is 3.32. The van der Waals surface area contributed by atoms with Crippen molar-refractivity contribution in [1.82, 2.24) is 19.8 Å². The molecule has 2 aliphatic heterocycles. The Hall–Kier alpha value is -2.37. The molecule has 2 aliphatic rings. The zero-order chi connectivity index (χ0) is 20.8. The van der Waals surface area contributed by atoms with Gasteiger partial charge >= 0.3 is 0 Å². The van der Waals surface area contributed by atoms with Crippen LogP contribution < -0.4 is 0 Å². The molecule has 2 atom stereocenters. The molecule has 0 spiro atoms. The fraction of sp³-hybridized carbons (Fsp3) is 0.609. The molecular weight excluding hydrogens is 364 g/mol. The predicted octanol–water partition coefficient (Wildman–Crippen LogP) is 3.82. The molecule has 6 heteroatoms. The zero-order valence-corrected chi connectivity index (χ0v) is 18.0. The largest absolute Gasteiger partial charge is 0.341 e. The minimum absolute atomic E-state index is 0.00361. The van der Waals surface area contributed by atoms with E-state index >= 15 is 0 Å². The third-order valence-electron chi connectivity index (χ3n) is 6.21. The summed E-state index contributed by atoms with van der Waals surface area (Å²) >= 11 is 0. The summed E-state index contributed by atoms with van der Waals surface area (Å²) in [5.74, 6) is 1.09. The first-order valence-corrected chi connectivity index (χ1v) is 10.8. The lowest BCUT2D eigenvalue weighted by Crippen LogP contribution is -2.49. The molecule has 2 amide bonds. The van der Waals surface area contributed by atoms with E-state index in [4.69, 9.17) is 4.98 Å². The fourth-order valence-electron chi connectivity index (χ4n) is 4.69. The summed E-state index contributed by atoms with van der Waals surface area (Å²) in [6.45, 7) is 9.97. The van der Waals surface area contributed by atoms with E-state index in [1.165, 1.54) is 5.56 Å². The normalized spacial score (nSPS) is 23.0. The maximum Gasteiger partial charge on any atom is 0.228 e. The molecule has 6 nitrogen and oxygen atoms in total. The van der Waals surface area contributed by atoms with E-state index in [2.05, 4.69) is 24.0 Å². The second-order valence-electron chi connectivity index (χ2n) is 9.67. The number of piperidine rings is 1. The van der Waals surface area contributed by atoms with Gasteiger partial charge in [0.25, 0.3) is 0 Å². The maximum atomic E-state index is 13.4. The van der Waals surface area contributed by atoms with E-state index in [1.54, 1.807) is 0 Å². The van der Waals surface area contributed by atoms with Gasteiger partial charge in [-0.3, -0.25) is 9.59 Å². The molecule has 4 rings (SSSR count). The third-order valence-corrected chi connectivity index (χ3v) is 6.21. The number of likely N-dealkylation sites (tertiary alicyclic amines) is 2. The molecule has 29 heavy (non-hydrogen) atoms. The predicted molar refractivity (Wildman–Crippen MR) is 113 cm³/mol. The molecule has 2 aromatic rings. The Balaban J connectivity index is 1.52. The molecule has 0 radical (unpaired) electrons. The molecule has 1 aromatic carbocycles. The highest BCUT2D eigenvalue weighted by Crippen LogP contribution is 2.34. The molecule has 2 unspecified atom stereocenters. The molecule has 1 aromatic heterocycles. The molecule has 156 valence electrons.